The number of nitrogens with zero attached hydrogens (tertiary/aromatic N) is 1. The summed E-state index contributed by atoms with van der Waals surface area (Å²) >= 11 is 0. The first-order valence-corrected chi connectivity index (χ1v) is 13.1. The Kier molecular flexibility index (Phi) is 6.28. The average Bonchev–Trinajstić information content (AvgIpc) is 3.19. The summed E-state index contributed by atoms with van der Waals surface area (Å²) in [5.74, 6) is -0.332. The van der Waals surface area contributed by atoms with Gasteiger partial charge in [0.2, 0.25) is 5.91 Å². The van der Waals surface area contributed by atoms with Crippen molar-refractivity contribution >= 4 is 11.6 Å². The first-order chi connectivity index (χ1) is 17.7. The van der Waals surface area contributed by atoms with E-state index in [4.69, 9.17) is 0 Å². The number of hydrogen-bond donors (Lipinski definition) is 1. The Balaban J connectivity index is 1.41. The van der Waals surface area contributed by atoms with E-state index in [1.54, 1.807) is 0 Å². The van der Waals surface area contributed by atoms with Gasteiger partial charge in [0.25, 0.3) is 0 Å². The van der Waals surface area contributed by atoms with Crippen LogP contribution >= 0.6 is 0 Å². The first-order valence-electron chi connectivity index (χ1n) is 13.1. The van der Waals surface area contributed by atoms with Crippen molar-refractivity contribution < 1.29 is 31.1 Å². The quantitative estimate of drug-likeness (QED) is 0.387. The molecule has 1 aromatic carbocycles. The molecule has 2 fully saturated rings. The molecule has 204 valence electrons. The van der Waals surface area contributed by atoms with Crippen LogP contribution in [0.4, 0.5) is 32.0 Å². The Morgan fingerprint density at radius 1 is 1.03 bits per heavy atom. The van der Waals surface area contributed by atoms with Crippen LogP contribution in [0.5, 0.6) is 0 Å². The highest BCUT2D eigenvalue weighted by atomic mass is 19.4. The predicted octanol–water partition coefficient (Wildman–Crippen LogP) is 8.30. The van der Waals surface area contributed by atoms with E-state index < -0.39 is 46.4 Å². The number of nitriles is 1. The van der Waals surface area contributed by atoms with Crippen molar-refractivity contribution in [3.63, 3.8) is 0 Å². The maximum atomic E-state index is 13.6. The number of amides is 1. The maximum absolute atomic E-state index is 13.6. The third-order valence-corrected chi connectivity index (χ3v) is 10.1. The lowest BCUT2D eigenvalue weighted by molar-refractivity contribution is -0.141. The van der Waals surface area contributed by atoms with Crippen molar-refractivity contribution in [2.45, 2.75) is 71.1 Å². The van der Waals surface area contributed by atoms with Crippen molar-refractivity contribution in [2.24, 2.45) is 34.5 Å². The number of allylic oxidation sites excluding steroid dienone is 4. The Labute approximate surface area is 218 Å². The van der Waals surface area contributed by atoms with Gasteiger partial charge >= 0.3 is 12.4 Å². The smallest absolute Gasteiger partial charge is 0.325 e. The van der Waals surface area contributed by atoms with Crippen LogP contribution in [0, 0.1) is 45.8 Å². The fourth-order valence-corrected chi connectivity index (χ4v) is 8.14. The summed E-state index contributed by atoms with van der Waals surface area (Å²) in [7, 11) is 0. The third-order valence-electron chi connectivity index (χ3n) is 10.1. The second-order valence-corrected chi connectivity index (χ2v) is 11.9. The number of fused-ring (bicyclic) bond motifs is 5. The Bertz CT molecular complexity index is 1250. The van der Waals surface area contributed by atoms with Crippen molar-refractivity contribution in [3.8, 4) is 6.07 Å². The lowest BCUT2D eigenvalue weighted by Crippen LogP contribution is -2.50. The summed E-state index contributed by atoms with van der Waals surface area (Å²) < 4.78 is 80.5. The molecule has 6 atom stereocenters. The van der Waals surface area contributed by atoms with Gasteiger partial charge in [-0.05, 0) is 103 Å². The number of anilines is 1. The number of carbonyl (C=O) groups excluding carboxylic acids is 1. The van der Waals surface area contributed by atoms with Gasteiger partial charge in [-0.3, -0.25) is 4.79 Å². The third kappa shape index (κ3) is 4.24. The van der Waals surface area contributed by atoms with Crippen LogP contribution in [-0.2, 0) is 17.1 Å². The van der Waals surface area contributed by atoms with Crippen LogP contribution in [0.2, 0.25) is 0 Å². The van der Waals surface area contributed by atoms with E-state index in [9.17, 15) is 36.4 Å². The van der Waals surface area contributed by atoms with E-state index in [-0.39, 0.29) is 11.3 Å². The SMILES string of the molecule is C[C@]12CC[C@H]3[C@@H](CC=C4C=C(C#N)CC[C@@]43C)[C@@H]1CC[C@@H]2C(=O)Nc1cc(C(F)(F)F)ccc1C(F)(F)F. The summed E-state index contributed by atoms with van der Waals surface area (Å²) in [4.78, 5) is 13.4. The minimum atomic E-state index is -4.91. The molecule has 0 aromatic heterocycles. The highest BCUT2D eigenvalue weighted by Crippen LogP contribution is 2.66. The molecule has 9 heteroatoms. The standard InChI is InChI=1S/C29H30F6N2O/c1-26-11-9-16(15-36)13-17(26)3-5-19-20-7-8-23(27(20,2)12-10-21(19)26)25(38)37-24-14-18(28(30,31)32)4-6-22(24)29(33,34)35/h3-4,6,13-14,19-21,23H,5,7-12H2,1-2H3,(H,37,38)/t19-,20-,21-,23+,26-,27-/m0/s1. The molecule has 0 aliphatic heterocycles. The molecule has 1 aromatic rings. The number of nitrogens with one attached hydrogen (secondary N) is 1. The van der Waals surface area contributed by atoms with E-state index in [1.165, 1.54) is 5.57 Å². The lowest BCUT2D eigenvalue weighted by Gasteiger charge is -2.56. The van der Waals surface area contributed by atoms with Crippen LogP contribution in [0.15, 0.2) is 41.5 Å². The first kappa shape index (κ1) is 26.8. The summed E-state index contributed by atoms with van der Waals surface area (Å²) in [5, 5.41) is 11.6. The van der Waals surface area contributed by atoms with E-state index in [0.29, 0.717) is 36.5 Å². The lowest BCUT2D eigenvalue weighted by atomic mass is 9.48. The van der Waals surface area contributed by atoms with Crippen molar-refractivity contribution in [1.82, 2.24) is 0 Å². The number of carbonyl (C=O) groups is 1. The fraction of sp³-hybridized carbons (Fsp3) is 0.586. The zero-order chi connectivity index (χ0) is 27.7. The van der Waals surface area contributed by atoms with Crippen LogP contribution < -0.4 is 5.32 Å². The van der Waals surface area contributed by atoms with Gasteiger partial charge < -0.3 is 5.32 Å². The van der Waals surface area contributed by atoms with Gasteiger partial charge in [0.15, 0.2) is 0 Å². The topological polar surface area (TPSA) is 52.9 Å². The minimum Gasteiger partial charge on any atom is -0.325 e. The van der Waals surface area contributed by atoms with Crippen molar-refractivity contribution in [2.75, 3.05) is 5.32 Å². The molecular weight excluding hydrogens is 506 g/mol. The van der Waals surface area contributed by atoms with Gasteiger partial charge in [-0.1, -0.05) is 19.9 Å². The van der Waals surface area contributed by atoms with Crippen molar-refractivity contribution in [3.05, 3.63) is 52.6 Å². The molecule has 5 rings (SSSR count). The Morgan fingerprint density at radius 2 is 1.76 bits per heavy atom. The molecule has 2 saturated carbocycles. The number of halogens is 6. The van der Waals surface area contributed by atoms with Crippen LogP contribution in [0.1, 0.15) is 69.9 Å². The molecule has 3 nitrogen and oxygen atoms in total. The number of alkyl halides is 6. The number of benzene rings is 1. The largest absolute Gasteiger partial charge is 0.418 e. The van der Waals surface area contributed by atoms with Gasteiger partial charge in [-0.15, -0.1) is 0 Å². The molecule has 0 radical (unpaired) electrons. The van der Waals surface area contributed by atoms with Gasteiger partial charge in [0.1, 0.15) is 0 Å². The normalized spacial score (nSPS) is 34.7. The molecule has 0 spiro atoms. The molecule has 0 bridgehead atoms. The van der Waals surface area contributed by atoms with Gasteiger partial charge in [-0.25, -0.2) is 0 Å². The summed E-state index contributed by atoms with van der Waals surface area (Å²) in [5.41, 5.74) is -1.88. The molecule has 0 saturated heterocycles. The Morgan fingerprint density at radius 3 is 2.42 bits per heavy atom. The highest BCUT2D eigenvalue weighted by molar-refractivity contribution is 5.94. The van der Waals surface area contributed by atoms with E-state index in [0.717, 1.165) is 44.1 Å². The summed E-state index contributed by atoms with van der Waals surface area (Å²) in [6.45, 7) is 4.28. The second kappa shape index (κ2) is 8.89. The van der Waals surface area contributed by atoms with E-state index in [2.05, 4.69) is 24.4 Å². The molecule has 4 aliphatic carbocycles. The minimum absolute atomic E-state index is 0.0510. The monoisotopic (exact) mass is 536 g/mol. The van der Waals surface area contributed by atoms with Gasteiger partial charge in [0, 0.05) is 11.5 Å². The molecule has 1 amide bonds. The Hall–Kier alpha value is -2.76. The molecule has 0 unspecified atom stereocenters. The van der Waals surface area contributed by atoms with Crippen molar-refractivity contribution in [1.29, 1.82) is 5.26 Å². The summed E-state index contributed by atoms with van der Waals surface area (Å²) in [6, 6.07) is 3.42. The zero-order valence-electron chi connectivity index (χ0n) is 21.3. The predicted molar refractivity (Wildman–Crippen MR) is 129 cm³/mol. The molecule has 1 N–H and O–H groups in total. The molecular formula is C29H30F6N2O. The van der Waals surface area contributed by atoms with Crippen LogP contribution in [0.3, 0.4) is 0 Å². The zero-order valence-corrected chi connectivity index (χ0v) is 21.3. The molecule has 0 heterocycles. The average molecular weight is 537 g/mol. The van der Waals surface area contributed by atoms with E-state index >= 15 is 0 Å². The fourth-order valence-electron chi connectivity index (χ4n) is 8.14. The molecule has 4 aliphatic rings. The number of rotatable bonds is 2. The second-order valence-electron chi connectivity index (χ2n) is 11.9. The van der Waals surface area contributed by atoms with E-state index in [1.807, 2.05) is 13.0 Å². The molecule has 38 heavy (non-hydrogen) atoms. The highest BCUT2D eigenvalue weighted by Gasteiger charge is 2.59. The van der Waals surface area contributed by atoms with Gasteiger partial charge in [0.05, 0.1) is 22.9 Å². The van der Waals surface area contributed by atoms with Crippen LogP contribution in [-0.4, -0.2) is 5.91 Å². The summed E-state index contributed by atoms with van der Waals surface area (Å²) in [6.07, 6.45) is -0.225. The van der Waals surface area contributed by atoms with Gasteiger partial charge in [-0.2, -0.15) is 31.6 Å². The number of hydrogen-bond acceptors (Lipinski definition) is 2. The maximum Gasteiger partial charge on any atom is 0.418 e. The van der Waals surface area contributed by atoms with Crippen LogP contribution in [0.25, 0.3) is 0 Å².